The molecule has 1 saturated heterocycles. The highest BCUT2D eigenvalue weighted by atomic mass is 32.1. The molecule has 1 fully saturated rings. The van der Waals surface area contributed by atoms with Gasteiger partial charge in [-0.25, -0.2) is 4.98 Å². The van der Waals surface area contributed by atoms with Crippen LogP contribution in [0.1, 0.15) is 65.2 Å². The molecule has 2 aromatic rings. The average molecular weight is 362 g/mol. The topological polar surface area (TPSA) is 58.4 Å². The first-order chi connectivity index (χ1) is 11.9. The number of aryl methyl sites for hydroxylation is 2. The van der Waals surface area contributed by atoms with E-state index in [0.29, 0.717) is 17.2 Å². The van der Waals surface area contributed by atoms with Crippen LogP contribution in [0.15, 0.2) is 15.9 Å². The van der Waals surface area contributed by atoms with Crippen molar-refractivity contribution in [1.82, 2.24) is 15.2 Å². The van der Waals surface area contributed by atoms with Crippen molar-refractivity contribution in [3.63, 3.8) is 0 Å². The number of piperidine rings is 1. The number of aromatic nitrogens is 1. The maximum atomic E-state index is 12.4. The van der Waals surface area contributed by atoms with Crippen molar-refractivity contribution >= 4 is 17.2 Å². The Hall–Kier alpha value is -1.66. The Kier molecular flexibility index (Phi) is 5.59. The van der Waals surface area contributed by atoms with E-state index in [0.717, 1.165) is 38.2 Å². The molecule has 0 aromatic carbocycles. The molecule has 0 unspecified atom stereocenters. The van der Waals surface area contributed by atoms with Gasteiger partial charge in [0.25, 0.3) is 5.91 Å². The second-order valence-corrected chi connectivity index (χ2v) is 8.07. The zero-order valence-electron chi connectivity index (χ0n) is 15.5. The molecule has 0 saturated carbocycles. The molecule has 3 rings (SSSR count). The summed E-state index contributed by atoms with van der Waals surface area (Å²) < 4.78 is 5.45. The molecule has 136 valence electrons. The number of furan rings is 1. The number of carbonyl (C=O) groups excluding carboxylic acids is 1. The third-order valence-electron chi connectivity index (χ3n) is 4.66. The smallest absolute Gasteiger partial charge is 0.255 e. The predicted molar refractivity (Wildman–Crippen MR) is 100 cm³/mol. The van der Waals surface area contributed by atoms with E-state index in [1.807, 2.05) is 19.9 Å². The summed E-state index contributed by atoms with van der Waals surface area (Å²) >= 11 is 1.75. The van der Waals surface area contributed by atoms with Crippen LogP contribution in [0, 0.1) is 13.8 Å². The molecule has 6 heteroatoms. The number of amides is 1. The van der Waals surface area contributed by atoms with Crippen LogP contribution in [-0.4, -0.2) is 34.9 Å². The highest BCUT2D eigenvalue weighted by Crippen LogP contribution is 2.21. The fraction of sp³-hybridized carbons (Fsp3) is 0.579. The highest BCUT2D eigenvalue weighted by molar-refractivity contribution is 7.09. The number of carbonyl (C=O) groups is 1. The molecule has 1 N–H and O–H groups in total. The van der Waals surface area contributed by atoms with E-state index in [2.05, 4.69) is 29.4 Å². The average Bonchev–Trinajstić information content (AvgIpc) is 3.15. The van der Waals surface area contributed by atoms with E-state index in [9.17, 15) is 4.79 Å². The lowest BCUT2D eigenvalue weighted by Gasteiger charge is -2.31. The van der Waals surface area contributed by atoms with E-state index < -0.39 is 0 Å². The minimum Gasteiger partial charge on any atom is -0.466 e. The molecule has 1 aliphatic rings. The summed E-state index contributed by atoms with van der Waals surface area (Å²) in [6.07, 6.45) is 1.95. The van der Waals surface area contributed by atoms with Crippen molar-refractivity contribution in [3.8, 4) is 0 Å². The summed E-state index contributed by atoms with van der Waals surface area (Å²) in [7, 11) is 0. The molecule has 25 heavy (non-hydrogen) atoms. The number of rotatable bonds is 5. The van der Waals surface area contributed by atoms with E-state index in [4.69, 9.17) is 9.40 Å². The lowest BCUT2D eigenvalue weighted by atomic mass is 10.0. The minimum absolute atomic E-state index is 0.0196. The Balaban J connectivity index is 1.48. The molecular formula is C19H27N3O2S. The summed E-state index contributed by atoms with van der Waals surface area (Å²) in [5.74, 6) is 1.95. The second-order valence-electron chi connectivity index (χ2n) is 7.18. The Labute approximate surface area is 153 Å². The van der Waals surface area contributed by atoms with Gasteiger partial charge in [-0.3, -0.25) is 9.69 Å². The van der Waals surface area contributed by atoms with Gasteiger partial charge >= 0.3 is 0 Å². The standard InChI is InChI=1S/C19H27N3O2S/c1-12(2)19-21-16(11-25-19)10-22-7-5-15(6-8-22)20-18(23)17-9-13(3)24-14(17)4/h9,11-12,15H,5-8,10H2,1-4H3,(H,20,23). The number of likely N-dealkylation sites (tertiary alicyclic amines) is 1. The molecule has 1 amide bonds. The second kappa shape index (κ2) is 7.70. The van der Waals surface area contributed by atoms with Crippen LogP contribution in [0.25, 0.3) is 0 Å². The largest absolute Gasteiger partial charge is 0.466 e. The normalized spacial score (nSPS) is 16.5. The van der Waals surface area contributed by atoms with Gasteiger partial charge in [0, 0.05) is 37.0 Å². The maximum Gasteiger partial charge on any atom is 0.255 e. The molecule has 0 atom stereocenters. The van der Waals surface area contributed by atoms with Gasteiger partial charge < -0.3 is 9.73 Å². The van der Waals surface area contributed by atoms with Crippen LogP contribution in [-0.2, 0) is 6.54 Å². The van der Waals surface area contributed by atoms with Gasteiger partial charge in [-0.05, 0) is 32.8 Å². The lowest BCUT2D eigenvalue weighted by molar-refractivity contribution is 0.0907. The molecular weight excluding hydrogens is 334 g/mol. The van der Waals surface area contributed by atoms with Crippen molar-refractivity contribution in [2.45, 2.75) is 59.0 Å². The Bertz CT molecular complexity index is 727. The van der Waals surface area contributed by atoms with Gasteiger partial charge in [0.05, 0.1) is 16.3 Å². The van der Waals surface area contributed by atoms with Gasteiger partial charge in [-0.15, -0.1) is 11.3 Å². The van der Waals surface area contributed by atoms with Crippen LogP contribution in [0.5, 0.6) is 0 Å². The first kappa shape index (κ1) is 18.1. The predicted octanol–water partition coefficient (Wildman–Crippen LogP) is 3.87. The molecule has 0 radical (unpaired) electrons. The maximum absolute atomic E-state index is 12.4. The molecule has 0 spiro atoms. The monoisotopic (exact) mass is 361 g/mol. The van der Waals surface area contributed by atoms with Crippen LogP contribution in [0.2, 0.25) is 0 Å². The molecule has 2 aromatic heterocycles. The fourth-order valence-electron chi connectivity index (χ4n) is 3.24. The zero-order chi connectivity index (χ0) is 18.0. The number of hydrogen-bond donors (Lipinski definition) is 1. The number of nitrogens with one attached hydrogen (secondary N) is 1. The quantitative estimate of drug-likeness (QED) is 0.878. The van der Waals surface area contributed by atoms with Crippen LogP contribution >= 0.6 is 11.3 Å². The molecule has 0 aliphatic carbocycles. The minimum atomic E-state index is -0.0196. The van der Waals surface area contributed by atoms with Crippen LogP contribution in [0.4, 0.5) is 0 Å². The van der Waals surface area contributed by atoms with Crippen molar-refractivity contribution in [1.29, 1.82) is 0 Å². The molecule has 1 aliphatic heterocycles. The van der Waals surface area contributed by atoms with Crippen molar-refractivity contribution in [3.05, 3.63) is 39.2 Å². The third kappa shape index (κ3) is 4.50. The summed E-state index contributed by atoms with van der Waals surface area (Å²) in [6.45, 7) is 10.9. The summed E-state index contributed by atoms with van der Waals surface area (Å²) in [6, 6.07) is 2.05. The van der Waals surface area contributed by atoms with E-state index >= 15 is 0 Å². The molecule has 5 nitrogen and oxygen atoms in total. The lowest BCUT2D eigenvalue weighted by Crippen LogP contribution is -2.44. The third-order valence-corrected chi connectivity index (χ3v) is 5.85. The zero-order valence-corrected chi connectivity index (χ0v) is 16.3. The highest BCUT2D eigenvalue weighted by Gasteiger charge is 2.23. The van der Waals surface area contributed by atoms with Gasteiger partial charge in [-0.2, -0.15) is 0 Å². The van der Waals surface area contributed by atoms with E-state index in [1.165, 1.54) is 10.7 Å². The van der Waals surface area contributed by atoms with Crippen molar-refractivity contribution in [2.24, 2.45) is 0 Å². The van der Waals surface area contributed by atoms with Gasteiger partial charge in [0.2, 0.25) is 0 Å². The van der Waals surface area contributed by atoms with Crippen molar-refractivity contribution in [2.75, 3.05) is 13.1 Å². The Morgan fingerprint density at radius 3 is 2.68 bits per heavy atom. The van der Waals surface area contributed by atoms with Crippen molar-refractivity contribution < 1.29 is 9.21 Å². The Morgan fingerprint density at radius 1 is 1.40 bits per heavy atom. The number of nitrogens with zero attached hydrogens (tertiary/aromatic N) is 2. The van der Waals surface area contributed by atoms with Gasteiger partial charge in [-0.1, -0.05) is 13.8 Å². The van der Waals surface area contributed by atoms with Crippen LogP contribution in [0.3, 0.4) is 0 Å². The van der Waals surface area contributed by atoms with E-state index in [-0.39, 0.29) is 11.9 Å². The molecule has 3 heterocycles. The fourth-order valence-corrected chi connectivity index (χ4v) is 4.07. The summed E-state index contributed by atoms with van der Waals surface area (Å²) in [5.41, 5.74) is 1.82. The number of hydrogen-bond acceptors (Lipinski definition) is 5. The summed E-state index contributed by atoms with van der Waals surface area (Å²) in [4.78, 5) is 19.5. The summed E-state index contributed by atoms with van der Waals surface area (Å²) in [5, 5.41) is 6.54. The number of thiazole rings is 1. The first-order valence-corrected chi connectivity index (χ1v) is 9.85. The Morgan fingerprint density at radius 2 is 2.12 bits per heavy atom. The molecule has 0 bridgehead atoms. The van der Waals surface area contributed by atoms with E-state index in [1.54, 1.807) is 11.3 Å². The van der Waals surface area contributed by atoms with Crippen LogP contribution < -0.4 is 5.32 Å². The van der Waals surface area contributed by atoms with Gasteiger partial charge in [0.1, 0.15) is 11.5 Å². The SMILES string of the molecule is Cc1cc(C(=O)NC2CCN(Cc3csc(C(C)C)n3)CC2)c(C)o1. The van der Waals surface area contributed by atoms with Gasteiger partial charge in [0.15, 0.2) is 0 Å². The first-order valence-electron chi connectivity index (χ1n) is 8.97.